The van der Waals surface area contributed by atoms with Crippen molar-refractivity contribution in [3.63, 3.8) is 0 Å². The fourth-order valence-corrected chi connectivity index (χ4v) is 2.02. The van der Waals surface area contributed by atoms with Gasteiger partial charge in [-0.05, 0) is 24.5 Å². The second kappa shape index (κ2) is 4.88. The maximum atomic E-state index is 11.5. The van der Waals surface area contributed by atoms with Crippen LogP contribution in [0.4, 0.5) is 0 Å². The first-order chi connectivity index (χ1) is 6.96. The van der Waals surface area contributed by atoms with Gasteiger partial charge in [0.15, 0.2) is 0 Å². The molecular formula is C10H17NO3S. The van der Waals surface area contributed by atoms with E-state index in [0.29, 0.717) is 23.8 Å². The van der Waals surface area contributed by atoms with Gasteiger partial charge in [-0.2, -0.15) is 0 Å². The topological polar surface area (TPSA) is 66.4 Å². The molecule has 86 valence electrons. The van der Waals surface area contributed by atoms with Gasteiger partial charge in [-0.25, -0.2) is 4.79 Å². The predicted octanol–water partition coefficient (Wildman–Crippen LogP) is 1.25. The lowest BCUT2D eigenvalue weighted by Crippen LogP contribution is -2.59. The van der Waals surface area contributed by atoms with Gasteiger partial charge in [0.25, 0.3) is 0 Å². The number of nitrogens with one attached hydrogen (secondary N) is 1. The van der Waals surface area contributed by atoms with Crippen LogP contribution in [0.1, 0.15) is 33.1 Å². The van der Waals surface area contributed by atoms with E-state index in [1.165, 1.54) is 11.8 Å². The summed E-state index contributed by atoms with van der Waals surface area (Å²) in [6, 6.07) is 0. The quantitative estimate of drug-likeness (QED) is 0.747. The van der Waals surface area contributed by atoms with E-state index in [1.807, 2.05) is 13.8 Å². The number of carbonyl (C=O) groups excluding carboxylic acids is 1. The van der Waals surface area contributed by atoms with Gasteiger partial charge in [0.2, 0.25) is 5.91 Å². The van der Waals surface area contributed by atoms with Crippen LogP contribution in [0, 0.1) is 0 Å². The Morgan fingerprint density at radius 2 is 2.07 bits per heavy atom. The summed E-state index contributed by atoms with van der Waals surface area (Å²) in [4.78, 5) is 22.4. The summed E-state index contributed by atoms with van der Waals surface area (Å²) in [7, 11) is 0. The van der Waals surface area contributed by atoms with Crippen molar-refractivity contribution < 1.29 is 14.7 Å². The molecule has 1 saturated carbocycles. The maximum Gasteiger partial charge on any atom is 0.329 e. The highest BCUT2D eigenvalue weighted by atomic mass is 32.2. The molecule has 0 aromatic heterocycles. The summed E-state index contributed by atoms with van der Waals surface area (Å²) in [6.45, 7) is 4.02. The SMILES string of the molecule is CC(C)SCC(=O)NC1(C(=O)O)CCC1. The van der Waals surface area contributed by atoms with E-state index in [4.69, 9.17) is 5.11 Å². The average Bonchev–Trinajstić information content (AvgIpc) is 2.07. The molecule has 0 bridgehead atoms. The van der Waals surface area contributed by atoms with Crippen LogP contribution < -0.4 is 5.32 Å². The minimum Gasteiger partial charge on any atom is -0.480 e. The normalized spacial score (nSPS) is 18.3. The summed E-state index contributed by atoms with van der Waals surface area (Å²) in [5, 5.41) is 12.0. The molecule has 4 nitrogen and oxygen atoms in total. The molecule has 1 aliphatic carbocycles. The molecule has 2 N–H and O–H groups in total. The molecule has 0 atom stereocenters. The van der Waals surface area contributed by atoms with Crippen LogP contribution in [0.15, 0.2) is 0 Å². The highest BCUT2D eigenvalue weighted by molar-refractivity contribution is 8.00. The van der Waals surface area contributed by atoms with Crippen LogP contribution in [-0.4, -0.2) is 33.5 Å². The molecule has 1 fully saturated rings. The number of amides is 1. The second-order valence-electron chi connectivity index (χ2n) is 4.15. The Morgan fingerprint density at radius 1 is 1.47 bits per heavy atom. The van der Waals surface area contributed by atoms with E-state index in [9.17, 15) is 9.59 Å². The Labute approximate surface area is 93.8 Å². The van der Waals surface area contributed by atoms with Crippen molar-refractivity contribution in [2.24, 2.45) is 0 Å². The third-order valence-electron chi connectivity index (χ3n) is 2.54. The number of carboxylic acids is 1. The third-order valence-corrected chi connectivity index (χ3v) is 3.64. The zero-order chi connectivity index (χ0) is 11.5. The molecule has 0 unspecified atom stereocenters. The molecule has 0 spiro atoms. The molecule has 0 radical (unpaired) electrons. The van der Waals surface area contributed by atoms with Gasteiger partial charge in [0, 0.05) is 0 Å². The summed E-state index contributed by atoms with van der Waals surface area (Å²) in [5.41, 5.74) is -0.964. The zero-order valence-electron chi connectivity index (χ0n) is 9.08. The minimum atomic E-state index is -0.964. The van der Waals surface area contributed by atoms with Crippen molar-refractivity contribution in [2.45, 2.75) is 43.9 Å². The highest BCUT2D eigenvalue weighted by Crippen LogP contribution is 2.32. The molecule has 0 aliphatic heterocycles. The summed E-state index contributed by atoms with van der Waals surface area (Å²) >= 11 is 1.52. The largest absolute Gasteiger partial charge is 0.480 e. The van der Waals surface area contributed by atoms with Gasteiger partial charge >= 0.3 is 5.97 Å². The van der Waals surface area contributed by atoms with Crippen LogP contribution in [0.3, 0.4) is 0 Å². The van der Waals surface area contributed by atoms with Crippen molar-refractivity contribution in [3.8, 4) is 0 Å². The molecule has 0 heterocycles. The van der Waals surface area contributed by atoms with Crippen LogP contribution >= 0.6 is 11.8 Å². The van der Waals surface area contributed by atoms with E-state index < -0.39 is 11.5 Å². The fourth-order valence-electron chi connectivity index (χ4n) is 1.47. The van der Waals surface area contributed by atoms with Crippen LogP contribution in [0.25, 0.3) is 0 Å². The Kier molecular flexibility index (Phi) is 4.02. The smallest absolute Gasteiger partial charge is 0.329 e. The van der Waals surface area contributed by atoms with E-state index >= 15 is 0 Å². The number of aliphatic carboxylic acids is 1. The molecule has 15 heavy (non-hydrogen) atoms. The van der Waals surface area contributed by atoms with Gasteiger partial charge < -0.3 is 10.4 Å². The van der Waals surface area contributed by atoms with E-state index in [2.05, 4.69) is 5.32 Å². The number of thioether (sulfide) groups is 1. The van der Waals surface area contributed by atoms with Crippen molar-refractivity contribution >= 4 is 23.6 Å². The molecular weight excluding hydrogens is 214 g/mol. The van der Waals surface area contributed by atoms with Gasteiger partial charge in [-0.15, -0.1) is 11.8 Å². The first-order valence-electron chi connectivity index (χ1n) is 5.12. The Morgan fingerprint density at radius 3 is 2.40 bits per heavy atom. The molecule has 1 amide bonds. The summed E-state index contributed by atoms with van der Waals surface area (Å²) < 4.78 is 0. The monoisotopic (exact) mass is 231 g/mol. The Balaban J connectivity index is 2.39. The first kappa shape index (κ1) is 12.4. The highest BCUT2D eigenvalue weighted by Gasteiger charge is 2.45. The average molecular weight is 231 g/mol. The lowest BCUT2D eigenvalue weighted by Gasteiger charge is -2.38. The molecule has 1 rings (SSSR count). The number of carbonyl (C=O) groups is 2. The van der Waals surface area contributed by atoms with Crippen molar-refractivity contribution in [3.05, 3.63) is 0 Å². The minimum absolute atomic E-state index is 0.171. The van der Waals surface area contributed by atoms with Crippen LogP contribution in [0.5, 0.6) is 0 Å². The molecule has 0 aromatic carbocycles. The van der Waals surface area contributed by atoms with Crippen molar-refractivity contribution in [1.82, 2.24) is 5.32 Å². The first-order valence-corrected chi connectivity index (χ1v) is 6.17. The van der Waals surface area contributed by atoms with E-state index in [-0.39, 0.29) is 5.91 Å². The number of hydrogen-bond donors (Lipinski definition) is 2. The fraction of sp³-hybridized carbons (Fsp3) is 0.800. The van der Waals surface area contributed by atoms with Gasteiger partial charge in [-0.3, -0.25) is 4.79 Å². The third kappa shape index (κ3) is 3.12. The molecule has 0 aromatic rings. The number of rotatable bonds is 5. The lowest BCUT2D eigenvalue weighted by atomic mass is 9.77. The Bertz CT molecular complexity index is 261. The van der Waals surface area contributed by atoms with Gasteiger partial charge in [0.1, 0.15) is 5.54 Å². The summed E-state index contributed by atoms with van der Waals surface area (Å²) in [5.74, 6) is -0.736. The van der Waals surface area contributed by atoms with Crippen LogP contribution in [-0.2, 0) is 9.59 Å². The van der Waals surface area contributed by atoms with Crippen LogP contribution in [0.2, 0.25) is 0 Å². The number of hydrogen-bond acceptors (Lipinski definition) is 3. The van der Waals surface area contributed by atoms with Crippen molar-refractivity contribution in [1.29, 1.82) is 0 Å². The number of carboxylic acid groups (broad SMARTS) is 1. The van der Waals surface area contributed by atoms with E-state index in [1.54, 1.807) is 0 Å². The van der Waals surface area contributed by atoms with Gasteiger partial charge in [0.05, 0.1) is 5.75 Å². The predicted molar refractivity (Wildman–Crippen MR) is 60.0 cm³/mol. The lowest BCUT2D eigenvalue weighted by molar-refractivity contribution is -0.151. The molecule has 0 saturated heterocycles. The standard InChI is InChI=1S/C10H17NO3S/c1-7(2)15-6-8(12)11-10(9(13)14)4-3-5-10/h7H,3-6H2,1-2H3,(H,11,12)(H,13,14). The van der Waals surface area contributed by atoms with Gasteiger partial charge in [-0.1, -0.05) is 13.8 Å². The zero-order valence-corrected chi connectivity index (χ0v) is 9.89. The van der Waals surface area contributed by atoms with Crippen molar-refractivity contribution in [2.75, 3.05) is 5.75 Å². The second-order valence-corrected chi connectivity index (χ2v) is 5.71. The summed E-state index contributed by atoms with van der Waals surface area (Å²) in [6.07, 6.45) is 1.99. The van der Waals surface area contributed by atoms with E-state index in [0.717, 1.165) is 6.42 Å². The molecule has 1 aliphatic rings. The maximum absolute atomic E-state index is 11.5. The Hall–Kier alpha value is -0.710. The molecule has 5 heteroatoms.